The Morgan fingerprint density at radius 1 is 1.00 bits per heavy atom. The van der Waals surface area contributed by atoms with E-state index in [1.54, 1.807) is 0 Å². The number of hydrogen-bond acceptors (Lipinski definition) is 3. The molecule has 138 valence electrons. The van der Waals surface area contributed by atoms with Gasteiger partial charge in [0.05, 0.1) is 6.21 Å². The van der Waals surface area contributed by atoms with Gasteiger partial charge in [-0.15, -0.1) is 0 Å². The van der Waals surface area contributed by atoms with Gasteiger partial charge in [0.1, 0.15) is 0 Å². The number of carbonyl (C=O) groups is 2. The van der Waals surface area contributed by atoms with Gasteiger partial charge in [0.2, 0.25) is 5.91 Å². The van der Waals surface area contributed by atoms with E-state index in [0.29, 0.717) is 5.69 Å². The zero-order valence-corrected chi connectivity index (χ0v) is 12.3. The molecule has 0 aliphatic heterocycles. The molecule has 1 aromatic rings. The van der Waals surface area contributed by atoms with Crippen LogP contribution in [0.1, 0.15) is 12.5 Å². The molecule has 1 aromatic carbocycles. The number of benzene rings is 1. The summed E-state index contributed by atoms with van der Waals surface area (Å²) in [5.74, 6) is -15.9. The van der Waals surface area contributed by atoms with E-state index >= 15 is 0 Å². The second-order valence-corrected chi connectivity index (χ2v) is 4.65. The summed E-state index contributed by atoms with van der Waals surface area (Å²) in [4.78, 5) is 21.7. The minimum absolute atomic E-state index is 0.181. The highest BCUT2D eigenvalue weighted by Gasteiger charge is 2.76. The Balaban J connectivity index is 2.78. The van der Waals surface area contributed by atoms with Crippen LogP contribution in [0.15, 0.2) is 29.4 Å². The molecule has 0 fully saturated rings. The van der Waals surface area contributed by atoms with Crippen molar-refractivity contribution in [3.63, 3.8) is 0 Å². The van der Waals surface area contributed by atoms with Crippen LogP contribution in [-0.2, 0) is 9.59 Å². The normalized spacial score (nSPS) is 13.0. The average Bonchev–Trinajstić information content (AvgIpc) is 2.47. The Morgan fingerprint density at radius 3 is 1.96 bits per heavy atom. The predicted molar refractivity (Wildman–Crippen MR) is 72.4 cm³/mol. The third-order valence-corrected chi connectivity index (χ3v) is 2.65. The molecule has 0 heterocycles. The highest BCUT2D eigenvalue weighted by Crippen LogP contribution is 2.46. The molecule has 0 aliphatic carbocycles. The number of hydrazone groups is 1. The van der Waals surface area contributed by atoms with E-state index in [-0.39, 0.29) is 11.5 Å². The molecule has 12 heteroatoms. The van der Waals surface area contributed by atoms with Crippen LogP contribution in [-0.4, -0.2) is 36.1 Å². The van der Waals surface area contributed by atoms with Gasteiger partial charge in [-0.2, -0.15) is 35.8 Å². The van der Waals surface area contributed by atoms with Crippen LogP contribution in [0.3, 0.4) is 0 Å². The molecule has 5 nitrogen and oxygen atoms in total. The standard InChI is InChI=1S/C13H10F7N3O2/c1-7(24)22-9-4-2-8(3-5-9)6-21-23-10(25)11(14,15)12(16,17)13(18,19)20/h2-6H,1H3,(H,22,24)(H,23,25)/b21-6+. The molecule has 0 unspecified atom stereocenters. The minimum atomic E-state index is -6.61. The Morgan fingerprint density at radius 2 is 1.52 bits per heavy atom. The van der Waals surface area contributed by atoms with E-state index in [0.717, 1.165) is 11.6 Å². The maximum absolute atomic E-state index is 13.0. The molecule has 2 amide bonds. The van der Waals surface area contributed by atoms with Crippen molar-refractivity contribution in [2.75, 3.05) is 5.32 Å². The maximum atomic E-state index is 13.0. The highest BCUT2D eigenvalue weighted by atomic mass is 19.4. The Labute approximate surface area is 135 Å². The van der Waals surface area contributed by atoms with Crippen LogP contribution in [0, 0.1) is 0 Å². The second-order valence-electron chi connectivity index (χ2n) is 4.65. The molecule has 0 aliphatic rings. The van der Waals surface area contributed by atoms with Gasteiger partial charge in [0.15, 0.2) is 0 Å². The summed E-state index contributed by atoms with van der Waals surface area (Å²) in [6, 6.07) is 5.36. The summed E-state index contributed by atoms with van der Waals surface area (Å²) in [5, 5.41) is 5.32. The Kier molecular flexibility index (Phi) is 5.76. The fourth-order valence-electron chi connectivity index (χ4n) is 1.41. The molecule has 2 N–H and O–H groups in total. The smallest absolute Gasteiger partial charge is 0.326 e. The first-order valence-electron chi connectivity index (χ1n) is 6.32. The van der Waals surface area contributed by atoms with Gasteiger partial charge in [-0.3, -0.25) is 9.59 Å². The minimum Gasteiger partial charge on any atom is -0.326 e. The number of alkyl halides is 7. The molecular weight excluding hydrogens is 363 g/mol. The van der Waals surface area contributed by atoms with Gasteiger partial charge in [0, 0.05) is 12.6 Å². The van der Waals surface area contributed by atoms with Crippen LogP contribution in [0.2, 0.25) is 0 Å². The Bertz CT molecular complexity index is 669. The van der Waals surface area contributed by atoms with E-state index in [1.165, 1.54) is 31.2 Å². The molecule has 25 heavy (non-hydrogen) atoms. The molecule has 0 spiro atoms. The quantitative estimate of drug-likeness (QED) is 0.473. The summed E-state index contributed by atoms with van der Waals surface area (Å²) < 4.78 is 87.0. The van der Waals surface area contributed by atoms with Crippen LogP contribution in [0.4, 0.5) is 36.4 Å². The monoisotopic (exact) mass is 373 g/mol. The van der Waals surface area contributed by atoms with Gasteiger partial charge < -0.3 is 5.32 Å². The van der Waals surface area contributed by atoms with Gasteiger partial charge in [-0.1, -0.05) is 12.1 Å². The molecular formula is C13H10F7N3O2. The first kappa shape index (κ1) is 20.4. The molecule has 0 bridgehead atoms. The summed E-state index contributed by atoms with van der Waals surface area (Å²) in [6.45, 7) is 1.25. The third-order valence-electron chi connectivity index (χ3n) is 2.65. The lowest BCUT2D eigenvalue weighted by atomic mass is 10.1. The molecule has 0 saturated carbocycles. The third kappa shape index (κ3) is 4.67. The number of nitrogens with zero attached hydrogens (tertiary/aromatic N) is 1. The van der Waals surface area contributed by atoms with E-state index in [1.807, 2.05) is 0 Å². The lowest BCUT2D eigenvalue weighted by Crippen LogP contribution is -2.58. The van der Waals surface area contributed by atoms with Gasteiger partial charge >= 0.3 is 23.9 Å². The number of rotatable bonds is 5. The number of anilines is 1. The first-order chi connectivity index (χ1) is 11.3. The van der Waals surface area contributed by atoms with Crippen molar-refractivity contribution in [2.24, 2.45) is 5.10 Å². The zero-order valence-electron chi connectivity index (χ0n) is 12.3. The van der Waals surface area contributed by atoms with E-state index in [2.05, 4.69) is 10.4 Å². The van der Waals surface area contributed by atoms with E-state index in [9.17, 15) is 40.3 Å². The molecule has 0 aromatic heterocycles. The molecule has 0 radical (unpaired) electrons. The van der Waals surface area contributed by atoms with Crippen LogP contribution in [0.5, 0.6) is 0 Å². The van der Waals surface area contributed by atoms with Crippen molar-refractivity contribution in [3.8, 4) is 0 Å². The van der Waals surface area contributed by atoms with Crippen molar-refractivity contribution in [3.05, 3.63) is 29.8 Å². The van der Waals surface area contributed by atoms with Crippen molar-refractivity contribution < 1.29 is 40.3 Å². The van der Waals surface area contributed by atoms with E-state index < -0.39 is 23.9 Å². The first-order valence-corrected chi connectivity index (χ1v) is 6.32. The van der Waals surface area contributed by atoms with Crippen molar-refractivity contribution in [2.45, 2.75) is 24.9 Å². The zero-order chi connectivity index (χ0) is 19.5. The number of nitrogens with one attached hydrogen (secondary N) is 2. The predicted octanol–water partition coefficient (Wildman–Crippen LogP) is 2.93. The summed E-state index contributed by atoms with van der Waals surface area (Å²) in [7, 11) is 0. The SMILES string of the molecule is CC(=O)Nc1ccc(/C=N/NC(=O)C(F)(F)C(F)(F)C(F)(F)F)cc1. The van der Waals surface area contributed by atoms with Crippen molar-refractivity contribution in [1.82, 2.24) is 5.43 Å². The molecule has 1 rings (SSSR count). The fourth-order valence-corrected chi connectivity index (χ4v) is 1.41. The Hall–Kier alpha value is -2.66. The van der Waals surface area contributed by atoms with Crippen molar-refractivity contribution in [1.29, 1.82) is 0 Å². The van der Waals surface area contributed by atoms with Gasteiger partial charge in [-0.05, 0) is 17.7 Å². The molecule has 0 atom stereocenters. The maximum Gasteiger partial charge on any atom is 0.460 e. The van der Waals surface area contributed by atoms with Crippen LogP contribution in [0.25, 0.3) is 0 Å². The highest BCUT2D eigenvalue weighted by molar-refractivity contribution is 5.90. The average molecular weight is 373 g/mol. The number of hydrogen-bond donors (Lipinski definition) is 2. The summed E-state index contributed by atoms with van der Waals surface area (Å²) >= 11 is 0. The van der Waals surface area contributed by atoms with Crippen LogP contribution >= 0.6 is 0 Å². The second kappa shape index (κ2) is 7.07. The fraction of sp³-hybridized carbons (Fsp3) is 0.308. The summed E-state index contributed by atoms with van der Waals surface area (Å²) in [6.07, 6.45) is -5.88. The lowest BCUT2D eigenvalue weighted by molar-refractivity contribution is -0.344. The van der Waals surface area contributed by atoms with Crippen molar-refractivity contribution >= 4 is 23.7 Å². The number of carbonyl (C=O) groups excluding carboxylic acids is 2. The lowest BCUT2D eigenvalue weighted by Gasteiger charge is -2.26. The molecule has 0 saturated heterocycles. The topological polar surface area (TPSA) is 70.6 Å². The largest absolute Gasteiger partial charge is 0.460 e. The van der Waals surface area contributed by atoms with Gasteiger partial charge in [-0.25, -0.2) is 5.43 Å². The van der Waals surface area contributed by atoms with E-state index in [4.69, 9.17) is 0 Å². The van der Waals surface area contributed by atoms with Gasteiger partial charge in [0.25, 0.3) is 0 Å². The number of amides is 2. The summed E-state index contributed by atoms with van der Waals surface area (Å²) in [5.41, 5.74) is 1.49. The number of halogens is 7. The van der Waals surface area contributed by atoms with Crippen LogP contribution < -0.4 is 10.7 Å².